The van der Waals surface area contributed by atoms with Gasteiger partial charge in [-0.15, -0.1) is 0 Å². The van der Waals surface area contributed by atoms with Gasteiger partial charge in [0.2, 0.25) is 5.91 Å². The van der Waals surface area contributed by atoms with Crippen molar-refractivity contribution in [2.75, 3.05) is 12.4 Å². The molecule has 2 atom stereocenters. The van der Waals surface area contributed by atoms with Crippen molar-refractivity contribution in [3.05, 3.63) is 59.1 Å². The molecule has 3 amide bonds. The SMILES string of the molecule is COc1ccc([C@@H]2NC(=O)[C@@H]2NC(=O)Nc2ccc(Cl)cc2)cc1. The maximum Gasteiger partial charge on any atom is 0.319 e. The Morgan fingerprint density at radius 3 is 2.38 bits per heavy atom. The number of ether oxygens (including phenoxy) is 1. The summed E-state index contributed by atoms with van der Waals surface area (Å²) in [6.07, 6.45) is 0. The number of rotatable bonds is 4. The van der Waals surface area contributed by atoms with Crippen LogP contribution in [-0.4, -0.2) is 25.1 Å². The summed E-state index contributed by atoms with van der Waals surface area (Å²) in [4.78, 5) is 23.8. The van der Waals surface area contributed by atoms with E-state index in [1.54, 1.807) is 31.4 Å². The largest absolute Gasteiger partial charge is 0.497 e. The molecule has 1 aliphatic rings. The van der Waals surface area contributed by atoms with Crippen molar-refractivity contribution in [2.24, 2.45) is 0 Å². The molecule has 7 heteroatoms. The third-order valence-electron chi connectivity index (χ3n) is 3.78. The lowest BCUT2D eigenvalue weighted by Gasteiger charge is -2.37. The second-order valence-corrected chi connectivity index (χ2v) is 5.78. The van der Waals surface area contributed by atoms with Crippen molar-refractivity contribution in [3.63, 3.8) is 0 Å². The van der Waals surface area contributed by atoms with Gasteiger partial charge in [-0.2, -0.15) is 0 Å². The minimum absolute atomic E-state index is 0.220. The van der Waals surface area contributed by atoms with Crippen molar-refractivity contribution in [1.82, 2.24) is 10.6 Å². The summed E-state index contributed by atoms with van der Waals surface area (Å²) >= 11 is 5.80. The summed E-state index contributed by atoms with van der Waals surface area (Å²) in [6, 6.07) is 12.7. The number of carbonyl (C=O) groups excluding carboxylic acids is 2. The number of methoxy groups -OCH3 is 1. The Morgan fingerprint density at radius 2 is 1.79 bits per heavy atom. The van der Waals surface area contributed by atoms with E-state index in [2.05, 4.69) is 16.0 Å². The van der Waals surface area contributed by atoms with Gasteiger partial charge in [0.15, 0.2) is 0 Å². The zero-order chi connectivity index (χ0) is 17.1. The van der Waals surface area contributed by atoms with Crippen molar-refractivity contribution < 1.29 is 14.3 Å². The van der Waals surface area contributed by atoms with Gasteiger partial charge in [-0.25, -0.2) is 4.79 Å². The number of benzene rings is 2. The first-order valence-corrected chi connectivity index (χ1v) is 7.72. The molecule has 3 rings (SSSR count). The molecule has 0 radical (unpaired) electrons. The number of halogens is 1. The van der Waals surface area contributed by atoms with Gasteiger partial charge in [0.05, 0.1) is 13.2 Å². The third-order valence-corrected chi connectivity index (χ3v) is 4.03. The molecule has 24 heavy (non-hydrogen) atoms. The molecule has 0 saturated carbocycles. The molecule has 124 valence electrons. The van der Waals surface area contributed by atoms with Crippen LogP contribution in [0, 0.1) is 0 Å². The Kier molecular flexibility index (Phi) is 4.57. The highest BCUT2D eigenvalue weighted by atomic mass is 35.5. The fraction of sp³-hybridized carbons (Fsp3) is 0.176. The predicted octanol–water partition coefficient (Wildman–Crippen LogP) is 2.71. The lowest BCUT2D eigenvalue weighted by molar-refractivity contribution is -0.131. The molecule has 3 N–H and O–H groups in total. The van der Waals surface area contributed by atoms with Gasteiger partial charge in [0, 0.05) is 10.7 Å². The van der Waals surface area contributed by atoms with Crippen LogP contribution in [0.3, 0.4) is 0 Å². The maximum atomic E-state index is 12.1. The van der Waals surface area contributed by atoms with E-state index < -0.39 is 12.1 Å². The number of β-lactam (4-membered cyclic amide) rings is 1. The number of nitrogens with one attached hydrogen (secondary N) is 3. The maximum absolute atomic E-state index is 12.1. The van der Waals surface area contributed by atoms with E-state index in [0.29, 0.717) is 10.7 Å². The monoisotopic (exact) mass is 345 g/mol. The fourth-order valence-corrected chi connectivity index (χ4v) is 2.59. The fourth-order valence-electron chi connectivity index (χ4n) is 2.46. The van der Waals surface area contributed by atoms with E-state index in [9.17, 15) is 9.59 Å². The van der Waals surface area contributed by atoms with Gasteiger partial charge in [-0.1, -0.05) is 23.7 Å². The smallest absolute Gasteiger partial charge is 0.319 e. The topological polar surface area (TPSA) is 79.5 Å². The molecule has 0 aliphatic carbocycles. The normalized spacial score (nSPS) is 19.0. The summed E-state index contributed by atoms with van der Waals surface area (Å²) in [5.74, 6) is 0.511. The summed E-state index contributed by atoms with van der Waals surface area (Å²) < 4.78 is 5.11. The average molecular weight is 346 g/mol. The Bertz CT molecular complexity index is 747. The Morgan fingerprint density at radius 1 is 1.12 bits per heavy atom. The predicted molar refractivity (Wildman–Crippen MR) is 91.3 cm³/mol. The molecule has 1 heterocycles. The first-order valence-electron chi connectivity index (χ1n) is 7.34. The lowest BCUT2D eigenvalue weighted by Crippen LogP contribution is -2.64. The van der Waals surface area contributed by atoms with Crippen LogP contribution in [0.2, 0.25) is 5.02 Å². The summed E-state index contributed by atoms with van der Waals surface area (Å²) in [7, 11) is 1.59. The minimum atomic E-state index is -0.620. The molecule has 0 spiro atoms. The molecule has 1 saturated heterocycles. The van der Waals surface area contributed by atoms with Gasteiger partial charge < -0.3 is 20.7 Å². The van der Waals surface area contributed by atoms with Crippen LogP contribution in [-0.2, 0) is 4.79 Å². The minimum Gasteiger partial charge on any atom is -0.497 e. The molecular formula is C17H16ClN3O3. The molecular weight excluding hydrogens is 330 g/mol. The molecule has 1 fully saturated rings. The average Bonchev–Trinajstić information content (AvgIpc) is 2.60. The van der Waals surface area contributed by atoms with E-state index in [-0.39, 0.29) is 11.9 Å². The molecule has 6 nitrogen and oxygen atoms in total. The Labute approximate surface area is 144 Å². The summed E-state index contributed by atoms with van der Waals surface area (Å²) in [5.41, 5.74) is 1.49. The number of amides is 3. The van der Waals surface area contributed by atoms with Gasteiger partial charge in [-0.05, 0) is 42.0 Å². The van der Waals surface area contributed by atoms with Crippen molar-refractivity contribution in [2.45, 2.75) is 12.1 Å². The van der Waals surface area contributed by atoms with Crippen LogP contribution < -0.4 is 20.7 Å². The Hall–Kier alpha value is -2.73. The van der Waals surface area contributed by atoms with Crippen LogP contribution >= 0.6 is 11.6 Å². The number of anilines is 1. The summed E-state index contributed by atoms with van der Waals surface area (Å²) in [6.45, 7) is 0. The van der Waals surface area contributed by atoms with E-state index in [1.165, 1.54) is 0 Å². The molecule has 1 aliphatic heterocycles. The van der Waals surface area contributed by atoms with Crippen molar-refractivity contribution >= 4 is 29.2 Å². The van der Waals surface area contributed by atoms with Crippen LogP contribution in [0.25, 0.3) is 0 Å². The zero-order valence-corrected chi connectivity index (χ0v) is 13.6. The molecule has 0 unspecified atom stereocenters. The van der Waals surface area contributed by atoms with Crippen molar-refractivity contribution in [1.29, 1.82) is 0 Å². The standard InChI is InChI=1S/C17H16ClN3O3/c1-24-13-8-2-10(3-9-13)14-15(16(22)20-14)21-17(23)19-12-6-4-11(18)5-7-12/h2-9,14-15H,1H3,(H,20,22)(H2,19,21,23)/t14-,15+/m0/s1. The number of carbonyl (C=O) groups is 2. The van der Waals surface area contributed by atoms with Crippen LogP contribution in [0.15, 0.2) is 48.5 Å². The first-order chi connectivity index (χ1) is 11.6. The quantitative estimate of drug-likeness (QED) is 0.745. The zero-order valence-electron chi connectivity index (χ0n) is 12.9. The number of hydrogen-bond donors (Lipinski definition) is 3. The lowest BCUT2D eigenvalue weighted by atomic mass is 9.91. The number of hydrogen-bond acceptors (Lipinski definition) is 3. The first kappa shape index (κ1) is 16.1. The van der Waals surface area contributed by atoms with Crippen LogP contribution in [0.5, 0.6) is 5.75 Å². The van der Waals surface area contributed by atoms with E-state index in [4.69, 9.17) is 16.3 Å². The summed E-state index contributed by atoms with van der Waals surface area (Å²) in [5, 5.41) is 8.72. The molecule has 0 aromatic heterocycles. The third kappa shape index (κ3) is 3.44. The number of urea groups is 1. The van der Waals surface area contributed by atoms with Gasteiger partial charge in [0.25, 0.3) is 0 Å². The molecule has 0 bridgehead atoms. The molecule has 2 aromatic carbocycles. The van der Waals surface area contributed by atoms with Gasteiger partial charge in [-0.3, -0.25) is 4.79 Å². The van der Waals surface area contributed by atoms with Crippen LogP contribution in [0.1, 0.15) is 11.6 Å². The second kappa shape index (κ2) is 6.80. The Balaban J connectivity index is 1.63. The van der Waals surface area contributed by atoms with E-state index in [0.717, 1.165) is 11.3 Å². The van der Waals surface area contributed by atoms with E-state index in [1.807, 2.05) is 24.3 Å². The van der Waals surface area contributed by atoms with Gasteiger partial charge in [0.1, 0.15) is 11.8 Å². The highest BCUT2D eigenvalue weighted by Gasteiger charge is 2.41. The van der Waals surface area contributed by atoms with E-state index >= 15 is 0 Å². The highest BCUT2D eigenvalue weighted by Crippen LogP contribution is 2.26. The van der Waals surface area contributed by atoms with Crippen molar-refractivity contribution in [3.8, 4) is 5.75 Å². The highest BCUT2D eigenvalue weighted by molar-refractivity contribution is 6.30. The van der Waals surface area contributed by atoms with Crippen LogP contribution in [0.4, 0.5) is 10.5 Å². The molecule has 2 aromatic rings. The second-order valence-electron chi connectivity index (χ2n) is 5.34. The van der Waals surface area contributed by atoms with Gasteiger partial charge >= 0.3 is 6.03 Å².